The van der Waals surface area contributed by atoms with Gasteiger partial charge in [0.2, 0.25) is 0 Å². The zero-order valence-electron chi connectivity index (χ0n) is 16.2. The van der Waals surface area contributed by atoms with Crippen LogP contribution in [0.25, 0.3) is 11.0 Å². The number of thioether (sulfide) groups is 1. The van der Waals surface area contributed by atoms with Crippen molar-refractivity contribution in [2.24, 2.45) is 5.10 Å². The maximum absolute atomic E-state index is 12.4. The summed E-state index contributed by atoms with van der Waals surface area (Å²) in [6.45, 7) is 6.91. The minimum Gasteiger partial charge on any atom is -0.493 e. The largest absolute Gasteiger partial charge is 0.493 e. The third-order valence-corrected chi connectivity index (χ3v) is 4.71. The summed E-state index contributed by atoms with van der Waals surface area (Å²) in [5.74, 6) is 0.467. The monoisotopic (exact) mass is 396 g/mol. The number of fused-ring (bicyclic) bond motifs is 1. The van der Waals surface area contributed by atoms with Crippen molar-refractivity contribution in [3.63, 3.8) is 0 Å². The fraction of sp³-hybridized carbons (Fsp3) is 0.286. The molecule has 7 heteroatoms. The quantitative estimate of drug-likeness (QED) is 0.331. The number of hydrazone groups is 1. The predicted octanol–water partition coefficient (Wildman–Crippen LogP) is 4.62. The molecule has 0 spiro atoms. The third-order valence-electron chi connectivity index (χ3n) is 3.82. The van der Waals surface area contributed by atoms with Gasteiger partial charge >= 0.3 is 0 Å². The smallest absolute Gasteiger partial charge is 0.271 e. The average Bonchev–Trinajstić information content (AvgIpc) is 3.07. The molecule has 0 saturated carbocycles. The van der Waals surface area contributed by atoms with Gasteiger partial charge in [-0.3, -0.25) is 4.79 Å². The van der Waals surface area contributed by atoms with Gasteiger partial charge in [0.05, 0.1) is 23.9 Å². The van der Waals surface area contributed by atoms with Crippen LogP contribution >= 0.6 is 11.8 Å². The standard InChI is InChI=1S/C21H24N4O2S/c1-4-11-27-19-8-6-5-7-16(19)13-22-25-20(26)15-9-10-17-18(12-15)24-21(23-17)28-14(2)3/h5-10,12-14H,4,11H2,1-3H3,(H,23,24)(H,25,26)/b22-13-. The molecule has 6 nitrogen and oxygen atoms in total. The van der Waals surface area contributed by atoms with Crippen LogP contribution in [0.2, 0.25) is 0 Å². The van der Waals surface area contributed by atoms with E-state index in [0.29, 0.717) is 17.4 Å². The van der Waals surface area contributed by atoms with Crippen molar-refractivity contribution < 1.29 is 9.53 Å². The van der Waals surface area contributed by atoms with Gasteiger partial charge in [-0.2, -0.15) is 5.10 Å². The van der Waals surface area contributed by atoms with Crippen molar-refractivity contribution in [2.75, 3.05) is 6.61 Å². The molecule has 1 aromatic heterocycles. The van der Waals surface area contributed by atoms with Gasteiger partial charge in [0.15, 0.2) is 5.16 Å². The van der Waals surface area contributed by atoms with Crippen LogP contribution in [-0.2, 0) is 0 Å². The second kappa shape index (κ2) is 9.41. The summed E-state index contributed by atoms with van der Waals surface area (Å²) in [5.41, 5.74) is 5.57. The maximum atomic E-state index is 12.4. The minimum atomic E-state index is -0.280. The van der Waals surface area contributed by atoms with Crippen LogP contribution in [0.1, 0.15) is 43.1 Å². The third kappa shape index (κ3) is 5.13. The number of carbonyl (C=O) groups excluding carboxylic acids is 1. The number of hydrogen-bond acceptors (Lipinski definition) is 5. The van der Waals surface area contributed by atoms with Crippen molar-refractivity contribution in [2.45, 2.75) is 37.6 Å². The number of aromatic amines is 1. The number of hydrogen-bond donors (Lipinski definition) is 2. The highest BCUT2D eigenvalue weighted by molar-refractivity contribution is 7.99. The Hall–Kier alpha value is -2.80. The molecule has 0 saturated heterocycles. The lowest BCUT2D eigenvalue weighted by Gasteiger charge is -2.07. The molecule has 2 N–H and O–H groups in total. The van der Waals surface area contributed by atoms with E-state index >= 15 is 0 Å². The number of rotatable bonds is 8. The normalized spacial score (nSPS) is 11.4. The highest BCUT2D eigenvalue weighted by Gasteiger charge is 2.10. The molecular weight excluding hydrogens is 372 g/mol. The van der Waals surface area contributed by atoms with E-state index in [1.807, 2.05) is 30.3 Å². The summed E-state index contributed by atoms with van der Waals surface area (Å²) in [4.78, 5) is 20.2. The number of carbonyl (C=O) groups is 1. The summed E-state index contributed by atoms with van der Waals surface area (Å²) < 4.78 is 5.69. The molecule has 0 aliphatic carbocycles. The molecule has 0 unspecified atom stereocenters. The topological polar surface area (TPSA) is 79.4 Å². The Morgan fingerprint density at radius 3 is 2.93 bits per heavy atom. The van der Waals surface area contributed by atoms with E-state index in [0.717, 1.165) is 33.9 Å². The second-order valence-electron chi connectivity index (χ2n) is 6.53. The Labute approximate surface area is 168 Å². The van der Waals surface area contributed by atoms with Crippen LogP contribution in [0.4, 0.5) is 0 Å². The Kier molecular flexibility index (Phi) is 6.71. The van der Waals surface area contributed by atoms with Gasteiger partial charge in [0.1, 0.15) is 5.75 Å². The first kappa shape index (κ1) is 19.9. The molecular formula is C21H24N4O2S. The number of H-pyrrole nitrogens is 1. The SMILES string of the molecule is CCCOc1ccccc1/C=N\NC(=O)c1ccc2nc(SC(C)C)[nH]c2c1. The molecule has 0 aliphatic rings. The molecule has 0 bridgehead atoms. The molecule has 1 heterocycles. The van der Waals surface area contributed by atoms with E-state index in [2.05, 4.69) is 41.3 Å². The molecule has 2 aromatic carbocycles. The van der Waals surface area contributed by atoms with Crippen LogP contribution in [0.15, 0.2) is 52.7 Å². The van der Waals surface area contributed by atoms with Crippen molar-refractivity contribution in [3.05, 3.63) is 53.6 Å². The Morgan fingerprint density at radius 1 is 1.32 bits per heavy atom. The maximum Gasteiger partial charge on any atom is 0.271 e. The van der Waals surface area contributed by atoms with E-state index in [1.165, 1.54) is 0 Å². The van der Waals surface area contributed by atoms with E-state index < -0.39 is 0 Å². The first-order valence-electron chi connectivity index (χ1n) is 9.28. The van der Waals surface area contributed by atoms with E-state index in [4.69, 9.17) is 4.74 Å². The number of aromatic nitrogens is 2. The molecule has 0 atom stereocenters. The first-order chi connectivity index (χ1) is 13.6. The van der Waals surface area contributed by atoms with Gasteiger partial charge in [-0.1, -0.05) is 44.7 Å². The Balaban J connectivity index is 1.68. The summed E-state index contributed by atoms with van der Waals surface area (Å²) >= 11 is 1.65. The molecule has 146 valence electrons. The number of amides is 1. The van der Waals surface area contributed by atoms with Crippen LogP contribution in [-0.4, -0.2) is 33.9 Å². The van der Waals surface area contributed by atoms with E-state index in [-0.39, 0.29) is 5.91 Å². The zero-order valence-corrected chi connectivity index (χ0v) is 17.0. The highest BCUT2D eigenvalue weighted by Crippen LogP contribution is 2.23. The highest BCUT2D eigenvalue weighted by atomic mass is 32.2. The van der Waals surface area contributed by atoms with Gasteiger partial charge in [-0.05, 0) is 36.8 Å². The molecule has 0 aliphatic heterocycles. The molecule has 0 radical (unpaired) electrons. The number of imidazole rings is 1. The first-order valence-corrected chi connectivity index (χ1v) is 10.2. The van der Waals surface area contributed by atoms with Crippen molar-refractivity contribution in [1.29, 1.82) is 0 Å². The summed E-state index contributed by atoms with van der Waals surface area (Å²) in [7, 11) is 0. The number of para-hydroxylation sites is 1. The van der Waals surface area contributed by atoms with Gasteiger partial charge in [0, 0.05) is 16.4 Å². The molecule has 3 rings (SSSR count). The van der Waals surface area contributed by atoms with Gasteiger partial charge < -0.3 is 9.72 Å². The van der Waals surface area contributed by atoms with Crippen molar-refractivity contribution in [1.82, 2.24) is 15.4 Å². The second-order valence-corrected chi connectivity index (χ2v) is 8.09. The fourth-order valence-electron chi connectivity index (χ4n) is 2.56. The summed E-state index contributed by atoms with van der Waals surface area (Å²) in [5, 5.41) is 5.36. The van der Waals surface area contributed by atoms with E-state index in [1.54, 1.807) is 30.1 Å². The molecule has 1 amide bonds. The van der Waals surface area contributed by atoms with Crippen molar-refractivity contribution >= 4 is 34.9 Å². The van der Waals surface area contributed by atoms with Crippen LogP contribution in [0.5, 0.6) is 5.75 Å². The number of ether oxygens (including phenoxy) is 1. The number of nitrogens with one attached hydrogen (secondary N) is 2. The minimum absolute atomic E-state index is 0.280. The van der Waals surface area contributed by atoms with Crippen LogP contribution in [0, 0.1) is 0 Å². The predicted molar refractivity (Wildman–Crippen MR) is 114 cm³/mol. The molecule has 28 heavy (non-hydrogen) atoms. The Morgan fingerprint density at radius 2 is 2.14 bits per heavy atom. The number of benzene rings is 2. The molecule has 0 fully saturated rings. The Bertz CT molecular complexity index is 981. The summed E-state index contributed by atoms with van der Waals surface area (Å²) in [6, 6.07) is 13.0. The lowest BCUT2D eigenvalue weighted by molar-refractivity contribution is 0.0955. The van der Waals surface area contributed by atoms with Crippen molar-refractivity contribution in [3.8, 4) is 5.75 Å². The number of nitrogens with zero attached hydrogens (tertiary/aromatic N) is 2. The average molecular weight is 397 g/mol. The lowest BCUT2D eigenvalue weighted by Crippen LogP contribution is -2.17. The molecule has 3 aromatic rings. The summed E-state index contributed by atoms with van der Waals surface area (Å²) in [6.07, 6.45) is 2.52. The van der Waals surface area contributed by atoms with Gasteiger partial charge in [-0.15, -0.1) is 0 Å². The van der Waals surface area contributed by atoms with Crippen LogP contribution in [0.3, 0.4) is 0 Å². The van der Waals surface area contributed by atoms with Gasteiger partial charge in [-0.25, -0.2) is 10.4 Å². The zero-order chi connectivity index (χ0) is 19.9. The van der Waals surface area contributed by atoms with Gasteiger partial charge in [0.25, 0.3) is 5.91 Å². The lowest BCUT2D eigenvalue weighted by atomic mass is 10.2. The van der Waals surface area contributed by atoms with E-state index in [9.17, 15) is 4.79 Å². The van der Waals surface area contributed by atoms with Crippen LogP contribution < -0.4 is 10.2 Å². The fourth-order valence-corrected chi connectivity index (χ4v) is 3.33.